The number of rotatable bonds is 4. The Morgan fingerprint density at radius 3 is 1.53 bits per heavy atom. The third-order valence-electron chi connectivity index (χ3n) is 5.30. The third kappa shape index (κ3) is 3.47. The monoisotopic (exact) mass is 237 g/mol. The Morgan fingerprint density at radius 1 is 0.706 bits per heavy atom. The Morgan fingerprint density at radius 2 is 1.12 bits per heavy atom. The van der Waals surface area contributed by atoms with E-state index in [4.69, 9.17) is 0 Å². The van der Waals surface area contributed by atoms with E-state index in [2.05, 4.69) is 19.2 Å². The standard InChI is InChI=1S/C16H31N/c1-3-13-9-5-7-11-15(13)17-16-12-8-6-10-14(16)4-2/h13-17H,3-12H2,1-2H3/t13-,14+,15+,16-. The highest BCUT2D eigenvalue weighted by Crippen LogP contribution is 2.31. The van der Waals surface area contributed by atoms with Crippen molar-refractivity contribution in [3.05, 3.63) is 0 Å². The summed E-state index contributed by atoms with van der Waals surface area (Å²) in [5.41, 5.74) is 0. The molecule has 0 unspecified atom stereocenters. The van der Waals surface area contributed by atoms with Crippen LogP contribution in [0.25, 0.3) is 0 Å². The van der Waals surface area contributed by atoms with Crippen molar-refractivity contribution in [3.8, 4) is 0 Å². The molecule has 0 bridgehead atoms. The van der Waals surface area contributed by atoms with Crippen LogP contribution in [0.4, 0.5) is 0 Å². The fourth-order valence-electron chi connectivity index (χ4n) is 4.11. The van der Waals surface area contributed by atoms with E-state index in [-0.39, 0.29) is 0 Å². The summed E-state index contributed by atoms with van der Waals surface area (Å²) in [6.07, 6.45) is 14.4. The van der Waals surface area contributed by atoms with Crippen molar-refractivity contribution in [2.45, 2.75) is 90.1 Å². The molecule has 2 aliphatic rings. The average molecular weight is 237 g/mol. The van der Waals surface area contributed by atoms with Gasteiger partial charge in [0, 0.05) is 12.1 Å². The van der Waals surface area contributed by atoms with E-state index in [9.17, 15) is 0 Å². The molecular weight excluding hydrogens is 206 g/mol. The van der Waals surface area contributed by atoms with Crippen LogP contribution in [0, 0.1) is 11.8 Å². The van der Waals surface area contributed by atoms with Crippen molar-refractivity contribution in [3.63, 3.8) is 0 Å². The van der Waals surface area contributed by atoms with Gasteiger partial charge < -0.3 is 5.32 Å². The Hall–Kier alpha value is -0.0400. The minimum absolute atomic E-state index is 0.839. The summed E-state index contributed by atoms with van der Waals surface area (Å²) in [5.74, 6) is 1.92. The zero-order valence-electron chi connectivity index (χ0n) is 11.9. The summed E-state index contributed by atoms with van der Waals surface area (Å²) in [5, 5.41) is 4.06. The maximum absolute atomic E-state index is 4.06. The maximum atomic E-state index is 4.06. The number of nitrogens with one attached hydrogen (secondary N) is 1. The second-order valence-electron chi connectivity index (χ2n) is 6.29. The first-order valence-electron chi connectivity index (χ1n) is 8.11. The lowest BCUT2D eigenvalue weighted by molar-refractivity contribution is 0.179. The van der Waals surface area contributed by atoms with Crippen LogP contribution in [0.5, 0.6) is 0 Å². The highest BCUT2D eigenvalue weighted by atomic mass is 15.0. The van der Waals surface area contributed by atoms with Gasteiger partial charge in [-0.2, -0.15) is 0 Å². The molecule has 2 rings (SSSR count). The lowest BCUT2D eigenvalue weighted by Crippen LogP contribution is -2.48. The van der Waals surface area contributed by atoms with Gasteiger partial charge in [-0.15, -0.1) is 0 Å². The summed E-state index contributed by atoms with van der Waals surface area (Å²) in [6.45, 7) is 4.76. The zero-order chi connectivity index (χ0) is 12.1. The first-order chi connectivity index (χ1) is 8.35. The van der Waals surface area contributed by atoms with Gasteiger partial charge in [0.05, 0.1) is 0 Å². The van der Waals surface area contributed by atoms with Gasteiger partial charge in [-0.05, 0) is 37.5 Å². The van der Waals surface area contributed by atoms with Crippen LogP contribution in [0.1, 0.15) is 78.1 Å². The van der Waals surface area contributed by atoms with Gasteiger partial charge in [0.15, 0.2) is 0 Å². The van der Waals surface area contributed by atoms with Crippen molar-refractivity contribution in [2.75, 3.05) is 0 Å². The van der Waals surface area contributed by atoms with Crippen LogP contribution in [-0.4, -0.2) is 12.1 Å². The molecule has 100 valence electrons. The zero-order valence-corrected chi connectivity index (χ0v) is 11.9. The average Bonchev–Trinajstić information content (AvgIpc) is 2.40. The summed E-state index contributed by atoms with van der Waals surface area (Å²) in [6, 6.07) is 1.68. The van der Waals surface area contributed by atoms with Gasteiger partial charge in [0.2, 0.25) is 0 Å². The van der Waals surface area contributed by atoms with E-state index in [1.54, 1.807) is 0 Å². The number of hydrogen-bond acceptors (Lipinski definition) is 1. The summed E-state index contributed by atoms with van der Waals surface area (Å²) in [7, 11) is 0. The molecule has 0 saturated heterocycles. The van der Waals surface area contributed by atoms with E-state index in [0.717, 1.165) is 23.9 Å². The molecular formula is C16H31N. The minimum Gasteiger partial charge on any atom is -0.311 e. The Balaban J connectivity index is 1.88. The van der Waals surface area contributed by atoms with Crippen molar-refractivity contribution >= 4 is 0 Å². The summed E-state index contributed by atoms with van der Waals surface area (Å²) >= 11 is 0. The first-order valence-corrected chi connectivity index (χ1v) is 8.11. The SMILES string of the molecule is CC[C@@H]1CCCC[C@@H]1N[C@@H]1CCCC[C@@H]1CC. The van der Waals surface area contributed by atoms with Crippen molar-refractivity contribution in [2.24, 2.45) is 11.8 Å². The van der Waals surface area contributed by atoms with Gasteiger partial charge in [0.1, 0.15) is 0 Å². The topological polar surface area (TPSA) is 12.0 Å². The molecule has 1 heteroatoms. The fourth-order valence-corrected chi connectivity index (χ4v) is 4.11. The molecule has 0 aromatic rings. The van der Waals surface area contributed by atoms with Gasteiger partial charge in [-0.3, -0.25) is 0 Å². The van der Waals surface area contributed by atoms with Crippen molar-refractivity contribution in [1.29, 1.82) is 0 Å². The van der Waals surface area contributed by atoms with Crippen LogP contribution >= 0.6 is 0 Å². The molecule has 17 heavy (non-hydrogen) atoms. The normalized spacial score (nSPS) is 39.2. The van der Waals surface area contributed by atoms with E-state index in [0.29, 0.717) is 0 Å². The Bertz CT molecular complexity index is 192. The van der Waals surface area contributed by atoms with E-state index in [1.165, 1.54) is 64.2 Å². The van der Waals surface area contributed by atoms with Crippen molar-refractivity contribution in [1.82, 2.24) is 5.32 Å². The Kier molecular flexibility index (Phi) is 5.34. The van der Waals surface area contributed by atoms with E-state index in [1.807, 2.05) is 0 Å². The first kappa shape index (κ1) is 13.4. The molecule has 0 heterocycles. The second kappa shape index (κ2) is 6.78. The molecule has 2 aliphatic carbocycles. The summed E-state index contributed by atoms with van der Waals surface area (Å²) in [4.78, 5) is 0. The molecule has 2 saturated carbocycles. The smallest absolute Gasteiger partial charge is 0.00979 e. The Labute approximate surface area is 108 Å². The van der Waals surface area contributed by atoms with Crippen LogP contribution in [0.2, 0.25) is 0 Å². The maximum Gasteiger partial charge on any atom is 0.00979 e. The second-order valence-corrected chi connectivity index (χ2v) is 6.29. The lowest BCUT2D eigenvalue weighted by atomic mass is 9.79. The molecule has 0 aromatic heterocycles. The predicted molar refractivity (Wildman–Crippen MR) is 75.2 cm³/mol. The highest BCUT2D eigenvalue weighted by Gasteiger charge is 2.29. The third-order valence-corrected chi connectivity index (χ3v) is 5.30. The van der Waals surface area contributed by atoms with E-state index < -0.39 is 0 Å². The fraction of sp³-hybridized carbons (Fsp3) is 1.00. The highest BCUT2D eigenvalue weighted by molar-refractivity contribution is 4.87. The molecule has 2 fully saturated rings. The van der Waals surface area contributed by atoms with Gasteiger partial charge in [-0.25, -0.2) is 0 Å². The van der Waals surface area contributed by atoms with Crippen LogP contribution in [-0.2, 0) is 0 Å². The molecule has 1 N–H and O–H groups in total. The quantitative estimate of drug-likeness (QED) is 0.758. The van der Waals surface area contributed by atoms with E-state index >= 15 is 0 Å². The molecule has 4 atom stereocenters. The molecule has 0 aromatic carbocycles. The predicted octanol–water partition coefficient (Wildman–Crippen LogP) is 4.51. The molecule has 1 nitrogen and oxygen atoms in total. The van der Waals surface area contributed by atoms with Crippen LogP contribution in [0.3, 0.4) is 0 Å². The minimum atomic E-state index is 0.839. The van der Waals surface area contributed by atoms with Crippen molar-refractivity contribution < 1.29 is 0 Å². The van der Waals surface area contributed by atoms with Gasteiger partial charge >= 0.3 is 0 Å². The molecule has 0 radical (unpaired) electrons. The largest absolute Gasteiger partial charge is 0.311 e. The molecule has 0 spiro atoms. The van der Waals surface area contributed by atoms with Gasteiger partial charge in [-0.1, -0.05) is 52.4 Å². The number of hydrogen-bond donors (Lipinski definition) is 1. The summed E-state index contributed by atoms with van der Waals surface area (Å²) < 4.78 is 0. The van der Waals surface area contributed by atoms with Crippen LogP contribution in [0.15, 0.2) is 0 Å². The van der Waals surface area contributed by atoms with Gasteiger partial charge in [0.25, 0.3) is 0 Å². The van der Waals surface area contributed by atoms with Crippen LogP contribution < -0.4 is 5.32 Å². The lowest BCUT2D eigenvalue weighted by Gasteiger charge is -2.39. The molecule has 0 aliphatic heterocycles. The molecule has 0 amide bonds.